The van der Waals surface area contributed by atoms with Crippen LogP contribution in [0, 0.1) is 5.41 Å². The highest BCUT2D eigenvalue weighted by Crippen LogP contribution is 2.40. The highest BCUT2D eigenvalue weighted by atomic mass is 32.2. The predicted octanol–water partition coefficient (Wildman–Crippen LogP) is 0.197. The zero-order valence-corrected chi connectivity index (χ0v) is 10.8. The standard InChI is InChI=1S/C10H19NO5S/c1-16-6-3-7-17(14,15)11-8-10(9(12)13)4-2-5-10/h11H,2-8H2,1H3,(H,12,13). The highest BCUT2D eigenvalue weighted by molar-refractivity contribution is 7.89. The minimum absolute atomic E-state index is 0.00233. The average Bonchev–Trinajstić information content (AvgIpc) is 2.15. The fourth-order valence-electron chi connectivity index (χ4n) is 1.78. The smallest absolute Gasteiger partial charge is 0.310 e. The molecule has 0 atom stereocenters. The molecule has 100 valence electrons. The Bertz CT molecular complexity index is 361. The normalized spacial score (nSPS) is 18.6. The molecule has 0 aliphatic heterocycles. The van der Waals surface area contributed by atoms with Gasteiger partial charge in [0.2, 0.25) is 10.0 Å². The number of carboxylic acid groups (broad SMARTS) is 1. The lowest BCUT2D eigenvalue weighted by Crippen LogP contribution is -2.48. The topological polar surface area (TPSA) is 92.7 Å². The molecule has 0 amide bonds. The molecule has 0 aromatic heterocycles. The Balaban J connectivity index is 2.41. The summed E-state index contributed by atoms with van der Waals surface area (Å²) < 4.78 is 30.3. The van der Waals surface area contributed by atoms with Crippen molar-refractivity contribution in [3.8, 4) is 0 Å². The summed E-state index contributed by atoms with van der Waals surface area (Å²) in [6.07, 6.45) is 2.34. The lowest BCUT2D eigenvalue weighted by atomic mass is 9.69. The molecule has 6 nitrogen and oxygen atoms in total. The van der Waals surface area contributed by atoms with Gasteiger partial charge in [-0.25, -0.2) is 13.1 Å². The molecule has 0 radical (unpaired) electrons. The van der Waals surface area contributed by atoms with Gasteiger partial charge in [-0.15, -0.1) is 0 Å². The van der Waals surface area contributed by atoms with E-state index in [4.69, 9.17) is 9.84 Å². The lowest BCUT2D eigenvalue weighted by Gasteiger charge is -2.37. The Morgan fingerprint density at radius 1 is 1.47 bits per heavy atom. The summed E-state index contributed by atoms with van der Waals surface area (Å²) in [6.45, 7) is 0.378. The number of carboxylic acids is 1. The molecule has 0 spiro atoms. The summed E-state index contributed by atoms with van der Waals surface area (Å²) in [5.41, 5.74) is -0.881. The van der Waals surface area contributed by atoms with Gasteiger partial charge in [0.15, 0.2) is 0 Å². The molecule has 0 unspecified atom stereocenters. The van der Waals surface area contributed by atoms with E-state index in [1.807, 2.05) is 0 Å². The molecular weight excluding hydrogens is 246 g/mol. The summed E-state index contributed by atoms with van der Waals surface area (Å²) >= 11 is 0. The van der Waals surface area contributed by atoms with Crippen LogP contribution in [0.15, 0.2) is 0 Å². The van der Waals surface area contributed by atoms with Crippen LogP contribution in [-0.4, -0.2) is 45.5 Å². The number of carbonyl (C=O) groups is 1. The minimum atomic E-state index is -3.39. The van der Waals surface area contributed by atoms with Crippen molar-refractivity contribution in [2.24, 2.45) is 5.41 Å². The molecule has 0 bridgehead atoms. The van der Waals surface area contributed by atoms with Crippen molar-refractivity contribution in [1.82, 2.24) is 4.72 Å². The zero-order valence-electron chi connectivity index (χ0n) is 9.94. The molecule has 1 aliphatic carbocycles. The molecular formula is C10H19NO5S. The van der Waals surface area contributed by atoms with Gasteiger partial charge in [-0.1, -0.05) is 6.42 Å². The van der Waals surface area contributed by atoms with E-state index in [1.54, 1.807) is 0 Å². The van der Waals surface area contributed by atoms with Crippen molar-refractivity contribution in [3.05, 3.63) is 0 Å². The Kier molecular flexibility index (Phi) is 4.91. The maximum absolute atomic E-state index is 11.6. The number of rotatable bonds is 8. The van der Waals surface area contributed by atoms with E-state index in [9.17, 15) is 13.2 Å². The van der Waals surface area contributed by atoms with Crippen LogP contribution in [0.25, 0.3) is 0 Å². The number of nitrogens with one attached hydrogen (secondary N) is 1. The fraction of sp³-hybridized carbons (Fsp3) is 0.900. The van der Waals surface area contributed by atoms with Crippen molar-refractivity contribution in [2.75, 3.05) is 26.0 Å². The number of methoxy groups -OCH3 is 1. The van der Waals surface area contributed by atoms with Crippen LogP contribution in [-0.2, 0) is 19.6 Å². The first kappa shape index (κ1) is 14.4. The third-order valence-electron chi connectivity index (χ3n) is 3.16. The Labute approximate surface area is 101 Å². The van der Waals surface area contributed by atoms with Crippen molar-refractivity contribution in [1.29, 1.82) is 0 Å². The van der Waals surface area contributed by atoms with Crippen molar-refractivity contribution >= 4 is 16.0 Å². The molecule has 0 aromatic carbocycles. The van der Waals surface area contributed by atoms with Crippen LogP contribution in [0.1, 0.15) is 25.7 Å². The number of aliphatic carboxylic acids is 1. The molecule has 0 saturated heterocycles. The highest BCUT2D eigenvalue weighted by Gasteiger charge is 2.44. The van der Waals surface area contributed by atoms with Crippen LogP contribution >= 0.6 is 0 Å². The van der Waals surface area contributed by atoms with Gasteiger partial charge < -0.3 is 9.84 Å². The quantitative estimate of drug-likeness (QED) is 0.611. The largest absolute Gasteiger partial charge is 0.481 e. The summed E-state index contributed by atoms with van der Waals surface area (Å²) in [5, 5.41) is 9.04. The third kappa shape index (κ3) is 3.93. The van der Waals surface area contributed by atoms with Gasteiger partial charge in [0, 0.05) is 20.3 Å². The van der Waals surface area contributed by atoms with Crippen LogP contribution in [0.2, 0.25) is 0 Å². The summed E-state index contributed by atoms with van der Waals surface area (Å²) in [6, 6.07) is 0. The van der Waals surface area contributed by atoms with Crippen molar-refractivity contribution in [2.45, 2.75) is 25.7 Å². The lowest BCUT2D eigenvalue weighted by molar-refractivity contribution is -0.153. The molecule has 7 heteroatoms. The number of ether oxygens (including phenoxy) is 1. The van der Waals surface area contributed by atoms with E-state index in [1.165, 1.54) is 7.11 Å². The maximum Gasteiger partial charge on any atom is 0.310 e. The Hall–Kier alpha value is -0.660. The fourth-order valence-corrected chi connectivity index (χ4v) is 2.92. The second-order valence-electron chi connectivity index (χ2n) is 4.43. The molecule has 2 N–H and O–H groups in total. The van der Waals surface area contributed by atoms with E-state index >= 15 is 0 Å². The molecule has 1 saturated carbocycles. The van der Waals surface area contributed by atoms with Crippen molar-refractivity contribution in [3.63, 3.8) is 0 Å². The minimum Gasteiger partial charge on any atom is -0.481 e. The predicted molar refractivity (Wildman–Crippen MR) is 62.2 cm³/mol. The molecule has 0 heterocycles. The van der Waals surface area contributed by atoms with Crippen LogP contribution in [0.5, 0.6) is 0 Å². The summed E-state index contributed by atoms with van der Waals surface area (Å²) in [5.74, 6) is -0.945. The maximum atomic E-state index is 11.6. The van der Waals surface area contributed by atoms with E-state index in [0.29, 0.717) is 25.9 Å². The van der Waals surface area contributed by atoms with Gasteiger partial charge in [0.05, 0.1) is 11.2 Å². The van der Waals surface area contributed by atoms with Gasteiger partial charge >= 0.3 is 5.97 Å². The van der Waals surface area contributed by atoms with Gasteiger partial charge in [-0.3, -0.25) is 4.79 Å². The van der Waals surface area contributed by atoms with E-state index < -0.39 is 21.4 Å². The first-order valence-electron chi connectivity index (χ1n) is 5.62. The average molecular weight is 265 g/mol. The van der Waals surface area contributed by atoms with Gasteiger partial charge in [-0.2, -0.15) is 0 Å². The molecule has 1 fully saturated rings. The second kappa shape index (κ2) is 5.79. The van der Waals surface area contributed by atoms with Crippen LogP contribution in [0.3, 0.4) is 0 Å². The first-order chi connectivity index (χ1) is 7.92. The molecule has 17 heavy (non-hydrogen) atoms. The summed E-state index contributed by atoms with van der Waals surface area (Å²) in [7, 11) is -1.88. The SMILES string of the molecule is COCCCS(=O)(=O)NCC1(C(=O)O)CCC1. The molecule has 1 rings (SSSR count). The van der Waals surface area contributed by atoms with E-state index in [2.05, 4.69) is 4.72 Å². The Morgan fingerprint density at radius 2 is 2.12 bits per heavy atom. The van der Waals surface area contributed by atoms with E-state index in [0.717, 1.165) is 6.42 Å². The van der Waals surface area contributed by atoms with Gasteiger partial charge in [-0.05, 0) is 19.3 Å². The summed E-state index contributed by atoms with van der Waals surface area (Å²) in [4.78, 5) is 11.0. The second-order valence-corrected chi connectivity index (χ2v) is 6.35. The Morgan fingerprint density at radius 3 is 2.53 bits per heavy atom. The van der Waals surface area contributed by atoms with E-state index in [-0.39, 0.29) is 12.3 Å². The van der Waals surface area contributed by atoms with Crippen molar-refractivity contribution < 1.29 is 23.1 Å². The number of hydrogen-bond donors (Lipinski definition) is 2. The molecule has 0 aromatic rings. The number of hydrogen-bond acceptors (Lipinski definition) is 4. The van der Waals surface area contributed by atoms with Gasteiger partial charge in [0.1, 0.15) is 0 Å². The van der Waals surface area contributed by atoms with Crippen LogP contribution in [0.4, 0.5) is 0 Å². The first-order valence-corrected chi connectivity index (χ1v) is 7.27. The third-order valence-corrected chi connectivity index (χ3v) is 4.57. The zero-order chi connectivity index (χ0) is 12.9. The van der Waals surface area contributed by atoms with Crippen LogP contribution < -0.4 is 4.72 Å². The van der Waals surface area contributed by atoms with Gasteiger partial charge in [0.25, 0.3) is 0 Å². The number of sulfonamides is 1. The molecule has 1 aliphatic rings. The monoisotopic (exact) mass is 265 g/mol.